The first-order chi connectivity index (χ1) is 18.6. The van der Waals surface area contributed by atoms with Crippen molar-refractivity contribution in [2.24, 2.45) is 0 Å². The number of hydrogen-bond donors (Lipinski definition) is 3. The van der Waals surface area contributed by atoms with Crippen molar-refractivity contribution < 1.29 is 14.3 Å². The summed E-state index contributed by atoms with van der Waals surface area (Å²) in [6, 6.07) is 33.7. The molecule has 4 aromatic carbocycles. The van der Waals surface area contributed by atoms with Gasteiger partial charge in [0.1, 0.15) is 11.9 Å². The van der Waals surface area contributed by atoms with Crippen LogP contribution in [0.3, 0.4) is 0 Å². The van der Waals surface area contributed by atoms with Crippen LogP contribution in [0.1, 0.15) is 34.0 Å². The van der Waals surface area contributed by atoms with E-state index in [9.17, 15) is 9.59 Å². The maximum absolute atomic E-state index is 13.3. The molecule has 0 fully saturated rings. The summed E-state index contributed by atoms with van der Waals surface area (Å²) >= 11 is 1.74. The van der Waals surface area contributed by atoms with Crippen molar-refractivity contribution in [1.82, 2.24) is 5.32 Å². The van der Waals surface area contributed by atoms with Gasteiger partial charge in [0.25, 0.3) is 5.91 Å². The third-order valence-electron chi connectivity index (χ3n) is 5.77. The molecule has 0 aliphatic rings. The molecule has 0 saturated heterocycles. The van der Waals surface area contributed by atoms with Crippen LogP contribution < -0.4 is 20.7 Å². The molecule has 38 heavy (non-hydrogen) atoms. The number of para-hydroxylation sites is 1. The lowest BCUT2D eigenvalue weighted by molar-refractivity contribution is 0.0947. The van der Waals surface area contributed by atoms with E-state index >= 15 is 0 Å². The zero-order valence-electron chi connectivity index (χ0n) is 21.2. The Balaban J connectivity index is 1.61. The van der Waals surface area contributed by atoms with Gasteiger partial charge >= 0.3 is 6.03 Å². The first kappa shape index (κ1) is 26.8. The maximum atomic E-state index is 13.3. The smallest absolute Gasteiger partial charge is 0.323 e. The number of anilines is 2. The van der Waals surface area contributed by atoms with E-state index in [0.717, 1.165) is 23.3 Å². The van der Waals surface area contributed by atoms with E-state index in [1.165, 1.54) is 0 Å². The fourth-order valence-electron chi connectivity index (χ4n) is 3.93. The molecule has 6 nitrogen and oxygen atoms in total. The average molecular weight is 526 g/mol. The standard InChI is InChI=1S/C31H31N3O3S/c1-38-21-11-20-32-30(35)27-22-26(34-31(36)33-25-16-9-4-10-17-25)18-19-28(27)37-29(23-12-5-2-6-13-23)24-14-7-3-8-15-24/h2-10,12-19,22,29H,11,20-21H2,1H3,(H,32,35)(H2,33,34,36). The van der Waals surface area contributed by atoms with Crippen molar-refractivity contribution in [2.45, 2.75) is 12.5 Å². The third-order valence-corrected chi connectivity index (χ3v) is 6.47. The summed E-state index contributed by atoms with van der Waals surface area (Å²) in [7, 11) is 0. The quantitative estimate of drug-likeness (QED) is 0.185. The molecule has 0 aliphatic carbocycles. The highest BCUT2D eigenvalue weighted by molar-refractivity contribution is 7.98. The van der Waals surface area contributed by atoms with Gasteiger partial charge in [0, 0.05) is 17.9 Å². The first-order valence-electron chi connectivity index (χ1n) is 12.4. The van der Waals surface area contributed by atoms with Gasteiger partial charge in [0.15, 0.2) is 0 Å². The van der Waals surface area contributed by atoms with Gasteiger partial charge < -0.3 is 20.7 Å². The van der Waals surface area contributed by atoms with E-state index in [1.807, 2.05) is 85.1 Å². The summed E-state index contributed by atoms with van der Waals surface area (Å²) in [4.78, 5) is 25.9. The van der Waals surface area contributed by atoms with E-state index < -0.39 is 12.1 Å². The Hall–Kier alpha value is -4.23. The SMILES string of the molecule is CSCCCNC(=O)c1cc(NC(=O)Nc2ccccc2)ccc1OC(c1ccccc1)c1ccccc1. The summed E-state index contributed by atoms with van der Waals surface area (Å²) in [5.41, 5.74) is 3.44. The topological polar surface area (TPSA) is 79.5 Å². The molecule has 4 rings (SSSR count). The number of thioether (sulfide) groups is 1. The van der Waals surface area contributed by atoms with Crippen molar-refractivity contribution in [1.29, 1.82) is 0 Å². The monoisotopic (exact) mass is 525 g/mol. The van der Waals surface area contributed by atoms with Gasteiger partial charge in [-0.1, -0.05) is 78.9 Å². The molecular weight excluding hydrogens is 494 g/mol. The van der Waals surface area contributed by atoms with Crippen LogP contribution in [0.5, 0.6) is 5.75 Å². The number of benzene rings is 4. The fourth-order valence-corrected chi connectivity index (χ4v) is 4.36. The van der Waals surface area contributed by atoms with E-state index in [-0.39, 0.29) is 5.91 Å². The zero-order valence-corrected chi connectivity index (χ0v) is 22.0. The molecular formula is C31H31N3O3S. The molecule has 0 saturated carbocycles. The van der Waals surface area contributed by atoms with Crippen molar-refractivity contribution in [3.8, 4) is 5.75 Å². The Kier molecular flexibility index (Phi) is 9.82. The van der Waals surface area contributed by atoms with Crippen LogP contribution in [0, 0.1) is 0 Å². The number of ether oxygens (including phenoxy) is 1. The number of amides is 3. The van der Waals surface area contributed by atoms with Crippen LogP contribution in [-0.4, -0.2) is 30.5 Å². The number of urea groups is 1. The van der Waals surface area contributed by atoms with E-state index in [1.54, 1.807) is 42.1 Å². The lowest BCUT2D eigenvalue weighted by atomic mass is 10.0. The highest BCUT2D eigenvalue weighted by Crippen LogP contribution is 2.32. The average Bonchev–Trinajstić information content (AvgIpc) is 2.96. The van der Waals surface area contributed by atoms with Gasteiger partial charge in [-0.25, -0.2) is 4.79 Å². The molecule has 3 amide bonds. The van der Waals surface area contributed by atoms with Gasteiger partial charge in [-0.2, -0.15) is 11.8 Å². The third kappa shape index (κ3) is 7.63. The number of hydrogen-bond acceptors (Lipinski definition) is 4. The maximum Gasteiger partial charge on any atom is 0.323 e. The van der Waals surface area contributed by atoms with Crippen LogP contribution in [0.25, 0.3) is 0 Å². The molecule has 0 atom stereocenters. The number of carbonyl (C=O) groups is 2. The van der Waals surface area contributed by atoms with Gasteiger partial charge in [0.2, 0.25) is 0 Å². The summed E-state index contributed by atoms with van der Waals surface area (Å²) in [6.07, 6.45) is 2.48. The molecule has 194 valence electrons. The largest absolute Gasteiger partial charge is 0.480 e. The zero-order chi connectivity index (χ0) is 26.6. The van der Waals surface area contributed by atoms with Crippen LogP contribution >= 0.6 is 11.8 Å². The Labute approximate surface area is 227 Å². The van der Waals surface area contributed by atoms with Gasteiger partial charge in [-0.15, -0.1) is 0 Å². The highest BCUT2D eigenvalue weighted by atomic mass is 32.2. The summed E-state index contributed by atoms with van der Waals surface area (Å²) in [5, 5.41) is 8.60. The lowest BCUT2D eigenvalue weighted by Gasteiger charge is -2.22. The number of rotatable bonds is 11. The first-order valence-corrected chi connectivity index (χ1v) is 13.8. The molecule has 3 N–H and O–H groups in total. The molecule has 0 unspecified atom stereocenters. The van der Waals surface area contributed by atoms with Crippen LogP contribution in [-0.2, 0) is 0 Å². The molecule has 0 heterocycles. The minimum atomic E-state index is -0.416. The number of nitrogens with one attached hydrogen (secondary N) is 3. The van der Waals surface area contributed by atoms with Gasteiger partial charge in [-0.05, 0) is 59.9 Å². The van der Waals surface area contributed by atoms with E-state index in [4.69, 9.17) is 4.74 Å². The summed E-state index contributed by atoms with van der Waals surface area (Å²) in [6.45, 7) is 0.548. The van der Waals surface area contributed by atoms with Crippen LogP contribution in [0.2, 0.25) is 0 Å². The van der Waals surface area contributed by atoms with Crippen molar-refractivity contribution in [3.05, 3.63) is 126 Å². The predicted molar refractivity (Wildman–Crippen MR) is 156 cm³/mol. The summed E-state index contributed by atoms with van der Waals surface area (Å²) < 4.78 is 6.53. The summed E-state index contributed by atoms with van der Waals surface area (Å²) in [5.74, 6) is 1.13. The molecule has 0 spiro atoms. The van der Waals surface area contributed by atoms with Crippen LogP contribution in [0.15, 0.2) is 109 Å². The molecule has 4 aromatic rings. The molecule has 7 heteroatoms. The Morgan fingerprint density at radius 2 is 1.34 bits per heavy atom. The molecule has 0 aromatic heterocycles. The minimum Gasteiger partial charge on any atom is -0.480 e. The van der Waals surface area contributed by atoms with Gasteiger partial charge in [-0.3, -0.25) is 4.79 Å². The van der Waals surface area contributed by atoms with Gasteiger partial charge in [0.05, 0.1) is 5.56 Å². The molecule has 0 radical (unpaired) electrons. The fraction of sp³-hybridized carbons (Fsp3) is 0.161. The molecule has 0 aliphatic heterocycles. The Morgan fingerprint density at radius 3 is 1.95 bits per heavy atom. The van der Waals surface area contributed by atoms with Crippen molar-refractivity contribution >= 4 is 35.1 Å². The normalized spacial score (nSPS) is 10.6. The van der Waals surface area contributed by atoms with E-state index in [0.29, 0.717) is 29.2 Å². The highest BCUT2D eigenvalue weighted by Gasteiger charge is 2.21. The van der Waals surface area contributed by atoms with Crippen molar-refractivity contribution in [2.75, 3.05) is 29.2 Å². The van der Waals surface area contributed by atoms with Crippen molar-refractivity contribution in [3.63, 3.8) is 0 Å². The second kappa shape index (κ2) is 13.9. The lowest BCUT2D eigenvalue weighted by Crippen LogP contribution is -2.26. The van der Waals surface area contributed by atoms with Crippen LogP contribution in [0.4, 0.5) is 16.2 Å². The minimum absolute atomic E-state index is 0.256. The second-order valence-corrected chi connectivity index (χ2v) is 9.56. The predicted octanol–water partition coefficient (Wildman–Crippen LogP) is 6.98. The Morgan fingerprint density at radius 1 is 0.763 bits per heavy atom. The second-order valence-electron chi connectivity index (χ2n) is 8.58. The Bertz CT molecular complexity index is 1280. The molecule has 0 bridgehead atoms. The number of carbonyl (C=O) groups excluding carboxylic acids is 2. The van der Waals surface area contributed by atoms with E-state index in [2.05, 4.69) is 16.0 Å².